The maximum atomic E-state index is 5.38. The number of benzene rings is 1. The van der Waals surface area contributed by atoms with Crippen molar-refractivity contribution in [3.63, 3.8) is 0 Å². The first-order valence-electron chi connectivity index (χ1n) is 6.88. The van der Waals surface area contributed by atoms with Crippen molar-refractivity contribution in [2.45, 2.75) is 18.8 Å². The Morgan fingerprint density at radius 3 is 2.62 bits per heavy atom. The van der Waals surface area contributed by atoms with Crippen molar-refractivity contribution in [2.24, 2.45) is 21.7 Å². The molecule has 0 saturated heterocycles. The molecule has 1 atom stereocenters. The van der Waals surface area contributed by atoms with Gasteiger partial charge in [0, 0.05) is 11.8 Å². The number of guanidine groups is 1. The van der Waals surface area contributed by atoms with E-state index in [1.54, 1.807) is 0 Å². The number of nitrogens with two attached hydrogens (primary N) is 2. The van der Waals surface area contributed by atoms with Gasteiger partial charge < -0.3 is 11.5 Å². The highest BCUT2D eigenvalue weighted by Crippen LogP contribution is 2.31. The Labute approximate surface area is 123 Å². The number of nitrogens with zero attached hydrogens (tertiary/aromatic N) is 3. The summed E-state index contributed by atoms with van der Waals surface area (Å²) in [6.07, 6.45) is 3.52. The average Bonchev–Trinajstić information content (AvgIpc) is 2.53. The second kappa shape index (κ2) is 5.75. The van der Waals surface area contributed by atoms with Gasteiger partial charge in [0.25, 0.3) is 0 Å². The van der Waals surface area contributed by atoms with Gasteiger partial charge in [-0.1, -0.05) is 30.3 Å². The van der Waals surface area contributed by atoms with Crippen LogP contribution in [0.25, 0.3) is 0 Å². The minimum Gasteiger partial charge on any atom is -0.369 e. The first-order chi connectivity index (χ1) is 10.2. The number of fused-ring (bicyclic) bond motifs is 1. The minimum atomic E-state index is -0.0326. The number of hydrogen-bond acceptors (Lipinski definition) is 3. The Bertz CT molecular complexity index is 687. The second-order valence-corrected chi connectivity index (χ2v) is 5.09. The van der Waals surface area contributed by atoms with Crippen LogP contribution >= 0.6 is 0 Å². The third kappa shape index (κ3) is 2.91. The molecule has 3 rings (SSSR count). The Kier molecular flexibility index (Phi) is 3.64. The van der Waals surface area contributed by atoms with Crippen LogP contribution in [0.1, 0.15) is 29.2 Å². The van der Waals surface area contributed by atoms with Crippen LogP contribution in [0.4, 0.5) is 0 Å². The third-order valence-corrected chi connectivity index (χ3v) is 3.64. The van der Waals surface area contributed by atoms with E-state index in [1.807, 2.05) is 24.4 Å². The van der Waals surface area contributed by atoms with Crippen molar-refractivity contribution >= 4 is 11.7 Å². The zero-order valence-electron chi connectivity index (χ0n) is 11.6. The van der Waals surface area contributed by atoms with Crippen molar-refractivity contribution < 1.29 is 0 Å². The van der Waals surface area contributed by atoms with Gasteiger partial charge in [0.05, 0.1) is 11.4 Å². The lowest BCUT2D eigenvalue weighted by molar-refractivity contribution is 0.678. The van der Waals surface area contributed by atoms with Crippen molar-refractivity contribution in [3.8, 4) is 0 Å². The molecule has 1 aliphatic carbocycles. The topological polar surface area (TPSA) is 89.7 Å². The van der Waals surface area contributed by atoms with Crippen LogP contribution in [0.5, 0.6) is 0 Å². The molecule has 5 nitrogen and oxygen atoms in total. The summed E-state index contributed by atoms with van der Waals surface area (Å²) in [5.74, 6) is 0.316. The van der Waals surface area contributed by atoms with Crippen molar-refractivity contribution in [2.75, 3.05) is 0 Å². The molecule has 0 saturated carbocycles. The van der Waals surface area contributed by atoms with E-state index < -0.39 is 0 Å². The van der Waals surface area contributed by atoms with Gasteiger partial charge in [0.2, 0.25) is 5.96 Å². The Hall–Kier alpha value is -2.69. The van der Waals surface area contributed by atoms with Crippen molar-refractivity contribution in [3.05, 3.63) is 65.5 Å². The van der Waals surface area contributed by atoms with E-state index in [0.29, 0.717) is 5.92 Å². The predicted molar refractivity (Wildman–Crippen MR) is 84.1 cm³/mol. The van der Waals surface area contributed by atoms with E-state index >= 15 is 0 Å². The molecule has 0 fully saturated rings. The maximum absolute atomic E-state index is 5.38. The van der Waals surface area contributed by atoms with Crippen LogP contribution in [0.15, 0.2) is 58.9 Å². The molecule has 1 aliphatic rings. The predicted octanol–water partition coefficient (Wildman–Crippen LogP) is 1.79. The van der Waals surface area contributed by atoms with Crippen LogP contribution in [0, 0.1) is 0 Å². The molecule has 0 aliphatic heterocycles. The van der Waals surface area contributed by atoms with Gasteiger partial charge in [-0.2, -0.15) is 5.10 Å². The van der Waals surface area contributed by atoms with Crippen LogP contribution < -0.4 is 11.5 Å². The lowest BCUT2D eigenvalue weighted by Gasteiger charge is -2.25. The van der Waals surface area contributed by atoms with Gasteiger partial charge in [0.15, 0.2) is 0 Å². The molecule has 0 bridgehead atoms. The summed E-state index contributed by atoms with van der Waals surface area (Å²) in [5, 5.41) is 8.02. The summed E-state index contributed by atoms with van der Waals surface area (Å²) >= 11 is 0. The smallest absolute Gasteiger partial charge is 0.211 e. The molecule has 2 aromatic rings. The monoisotopic (exact) mass is 279 g/mol. The first-order valence-corrected chi connectivity index (χ1v) is 6.88. The molecule has 21 heavy (non-hydrogen) atoms. The van der Waals surface area contributed by atoms with Crippen LogP contribution in [-0.2, 0) is 6.42 Å². The van der Waals surface area contributed by atoms with Gasteiger partial charge in [-0.25, -0.2) is 0 Å². The Morgan fingerprint density at radius 1 is 1.05 bits per heavy atom. The fourth-order valence-electron chi connectivity index (χ4n) is 2.69. The van der Waals surface area contributed by atoms with E-state index in [0.717, 1.165) is 29.8 Å². The lowest BCUT2D eigenvalue weighted by atomic mass is 9.81. The molecule has 1 aromatic heterocycles. The van der Waals surface area contributed by atoms with Crippen LogP contribution in [0.3, 0.4) is 0 Å². The van der Waals surface area contributed by atoms with Gasteiger partial charge in [-0.05, 0) is 36.5 Å². The molecular formula is C16H17N5. The number of rotatable bonds is 2. The highest BCUT2D eigenvalue weighted by atomic mass is 15.3. The van der Waals surface area contributed by atoms with Gasteiger partial charge >= 0.3 is 0 Å². The fourth-order valence-corrected chi connectivity index (χ4v) is 2.69. The average molecular weight is 279 g/mol. The number of pyridine rings is 1. The summed E-state index contributed by atoms with van der Waals surface area (Å²) in [5.41, 5.74) is 15.0. The standard InChI is InChI=1S/C16H17N5/c17-16(18)21-20-15-10-12(11-5-2-1-3-6-11)9-14-13(15)7-4-8-19-14/h1-8,12H,9-10H2,(H4,17,18,21)/b20-15-. The van der Waals surface area contributed by atoms with Gasteiger partial charge in [0.1, 0.15) is 0 Å². The molecule has 1 heterocycles. The Balaban J connectivity index is 2.01. The highest BCUT2D eigenvalue weighted by molar-refractivity contribution is 6.03. The molecule has 0 amide bonds. The zero-order chi connectivity index (χ0) is 14.7. The van der Waals surface area contributed by atoms with E-state index in [4.69, 9.17) is 11.5 Å². The summed E-state index contributed by atoms with van der Waals surface area (Å²) in [7, 11) is 0. The number of hydrogen-bond donors (Lipinski definition) is 2. The quantitative estimate of drug-likeness (QED) is 0.499. The molecule has 106 valence electrons. The van der Waals surface area contributed by atoms with Crippen LogP contribution in [-0.4, -0.2) is 16.7 Å². The van der Waals surface area contributed by atoms with E-state index in [-0.39, 0.29) is 5.96 Å². The summed E-state index contributed by atoms with van der Waals surface area (Å²) < 4.78 is 0. The summed E-state index contributed by atoms with van der Waals surface area (Å²) in [4.78, 5) is 4.48. The van der Waals surface area contributed by atoms with Gasteiger partial charge in [-0.15, -0.1) is 5.10 Å². The molecule has 4 N–H and O–H groups in total. The van der Waals surface area contributed by atoms with E-state index in [2.05, 4.69) is 39.5 Å². The summed E-state index contributed by atoms with van der Waals surface area (Å²) in [6.45, 7) is 0. The Morgan fingerprint density at radius 2 is 1.86 bits per heavy atom. The molecular weight excluding hydrogens is 262 g/mol. The van der Waals surface area contributed by atoms with E-state index in [1.165, 1.54) is 5.56 Å². The molecule has 0 spiro atoms. The first kappa shape index (κ1) is 13.3. The second-order valence-electron chi connectivity index (χ2n) is 5.09. The van der Waals surface area contributed by atoms with Crippen LogP contribution in [0.2, 0.25) is 0 Å². The van der Waals surface area contributed by atoms with Crippen molar-refractivity contribution in [1.29, 1.82) is 0 Å². The van der Waals surface area contributed by atoms with Crippen molar-refractivity contribution in [1.82, 2.24) is 4.98 Å². The molecule has 1 aromatic carbocycles. The molecule has 0 radical (unpaired) electrons. The highest BCUT2D eigenvalue weighted by Gasteiger charge is 2.25. The minimum absolute atomic E-state index is 0.0326. The van der Waals surface area contributed by atoms with E-state index in [9.17, 15) is 0 Å². The zero-order valence-corrected chi connectivity index (χ0v) is 11.6. The molecule has 5 heteroatoms. The largest absolute Gasteiger partial charge is 0.369 e. The molecule has 1 unspecified atom stereocenters. The lowest BCUT2D eigenvalue weighted by Crippen LogP contribution is -2.23. The SMILES string of the molecule is NC(N)=N/N=C1/CC(c2ccccc2)Cc2ncccc21. The third-order valence-electron chi connectivity index (χ3n) is 3.64. The maximum Gasteiger partial charge on any atom is 0.211 e. The summed E-state index contributed by atoms with van der Waals surface area (Å²) in [6, 6.07) is 14.3. The van der Waals surface area contributed by atoms with Gasteiger partial charge in [-0.3, -0.25) is 4.98 Å². The normalized spacial score (nSPS) is 19.0. The number of aromatic nitrogens is 1. The fraction of sp³-hybridized carbons (Fsp3) is 0.188.